The monoisotopic (exact) mass is 521 g/mol. The van der Waals surface area contributed by atoms with E-state index in [1.54, 1.807) is 13.0 Å². The van der Waals surface area contributed by atoms with Gasteiger partial charge in [0.25, 0.3) is 16.8 Å². The first-order valence-electron chi connectivity index (χ1n) is 8.15. The zero-order valence-corrected chi connectivity index (χ0v) is 18.3. The highest BCUT2D eigenvalue weighted by atomic mass is 79.9. The predicted octanol–water partition coefficient (Wildman–Crippen LogP) is 3.90. The summed E-state index contributed by atoms with van der Waals surface area (Å²) in [5.41, 5.74) is 1.72. The normalized spacial score (nSPS) is 10.6. The lowest BCUT2D eigenvalue weighted by Gasteiger charge is -2.03. The van der Waals surface area contributed by atoms with Crippen molar-refractivity contribution in [1.82, 2.24) is 19.9 Å². The van der Waals surface area contributed by atoms with Gasteiger partial charge in [-0.1, -0.05) is 31.9 Å². The second-order valence-electron chi connectivity index (χ2n) is 6.07. The van der Waals surface area contributed by atoms with E-state index in [2.05, 4.69) is 51.8 Å². The fraction of sp³-hybridized carbons (Fsp3) is 0.111. The Labute approximate surface area is 179 Å². The number of halogens is 2. The number of fused-ring (bicyclic) bond motifs is 2. The van der Waals surface area contributed by atoms with Crippen molar-refractivity contribution in [1.29, 1.82) is 0 Å². The number of benzene rings is 2. The average molecular weight is 523 g/mol. The number of hydrogen-bond acceptors (Lipinski definition) is 6. The van der Waals surface area contributed by atoms with Crippen LogP contribution < -0.4 is 11.1 Å². The summed E-state index contributed by atoms with van der Waals surface area (Å²) >= 11 is 6.55. The topological polar surface area (TPSA) is 135 Å². The van der Waals surface area contributed by atoms with E-state index >= 15 is 0 Å². The maximum absolute atomic E-state index is 11.5. The number of nitro benzene ring substituents is 1. The minimum absolute atomic E-state index is 0.106. The molecule has 0 aliphatic carbocycles. The molecule has 0 aliphatic heterocycles. The summed E-state index contributed by atoms with van der Waals surface area (Å²) in [6.45, 7) is 3.57. The van der Waals surface area contributed by atoms with Crippen LogP contribution in [0.3, 0.4) is 0 Å². The first-order chi connectivity index (χ1) is 13.7. The Hall–Kier alpha value is -2.92. The number of aryl methyl sites for hydroxylation is 1. The summed E-state index contributed by atoms with van der Waals surface area (Å²) in [6, 6.07) is 5.20. The molecule has 0 atom stereocenters. The molecule has 0 saturated heterocycles. The standard InChI is InChI=1S/C9H6BrN3O3.C9H7BrN2O/c1-4-6(10)2-5-7(8(4)13(15)16)11-3-12-9(5)14;1-5-2-8-6(3-7(5)10)9(13)12-4-11-8/h2-3H,1H3,(H,11,12,14);2-4H,1H3,(H,11,12,13). The van der Waals surface area contributed by atoms with E-state index in [1.807, 2.05) is 13.0 Å². The van der Waals surface area contributed by atoms with Crippen molar-refractivity contribution in [2.45, 2.75) is 13.8 Å². The molecule has 0 amide bonds. The minimum atomic E-state index is -0.533. The van der Waals surface area contributed by atoms with Crippen molar-refractivity contribution >= 4 is 59.4 Å². The molecule has 0 radical (unpaired) electrons. The molecule has 0 unspecified atom stereocenters. The van der Waals surface area contributed by atoms with E-state index < -0.39 is 10.5 Å². The number of nitrogens with one attached hydrogen (secondary N) is 2. The number of H-pyrrole nitrogens is 2. The molecule has 29 heavy (non-hydrogen) atoms. The van der Waals surface area contributed by atoms with Crippen LogP contribution in [0.5, 0.6) is 0 Å². The van der Waals surface area contributed by atoms with E-state index in [-0.39, 0.29) is 22.1 Å². The molecular weight excluding hydrogens is 510 g/mol. The van der Waals surface area contributed by atoms with E-state index in [9.17, 15) is 19.7 Å². The van der Waals surface area contributed by atoms with Gasteiger partial charge in [-0.25, -0.2) is 9.97 Å². The molecule has 2 heterocycles. The highest BCUT2D eigenvalue weighted by Gasteiger charge is 2.21. The van der Waals surface area contributed by atoms with Crippen LogP contribution in [0.2, 0.25) is 0 Å². The molecule has 2 N–H and O–H groups in total. The van der Waals surface area contributed by atoms with Gasteiger partial charge < -0.3 is 9.97 Å². The number of hydrogen-bond donors (Lipinski definition) is 2. The second-order valence-corrected chi connectivity index (χ2v) is 7.78. The van der Waals surface area contributed by atoms with E-state index in [0.717, 1.165) is 21.9 Å². The van der Waals surface area contributed by atoms with Gasteiger partial charge in [-0.2, -0.15) is 0 Å². The van der Waals surface area contributed by atoms with Crippen molar-refractivity contribution in [3.8, 4) is 0 Å². The summed E-state index contributed by atoms with van der Waals surface area (Å²) in [5.74, 6) is 0. The Morgan fingerprint density at radius 1 is 0.931 bits per heavy atom. The van der Waals surface area contributed by atoms with Gasteiger partial charge in [0, 0.05) is 14.5 Å². The molecule has 2 aromatic carbocycles. The fourth-order valence-corrected chi connectivity index (χ4v) is 3.44. The highest BCUT2D eigenvalue weighted by Crippen LogP contribution is 2.31. The maximum Gasteiger partial charge on any atom is 0.299 e. The molecule has 4 rings (SSSR count). The van der Waals surface area contributed by atoms with E-state index in [1.165, 1.54) is 12.4 Å². The average Bonchev–Trinajstić information content (AvgIpc) is 2.66. The first-order valence-corrected chi connectivity index (χ1v) is 9.73. The van der Waals surface area contributed by atoms with Gasteiger partial charge in [0.15, 0.2) is 5.52 Å². The van der Waals surface area contributed by atoms with Crippen molar-refractivity contribution in [2.24, 2.45) is 0 Å². The third-order valence-electron chi connectivity index (χ3n) is 4.20. The van der Waals surface area contributed by atoms with Crippen LogP contribution in [-0.4, -0.2) is 24.9 Å². The smallest absolute Gasteiger partial charge is 0.299 e. The number of nitrogens with zero attached hydrogens (tertiary/aromatic N) is 3. The van der Waals surface area contributed by atoms with Gasteiger partial charge in [-0.15, -0.1) is 0 Å². The van der Waals surface area contributed by atoms with Crippen molar-refractivity contribution in [3.63, 3.8) is 0 Å². The lowest BCUT2D eigenvalue weighted by molar-refractivity contribution is -0.383. The number of aromatic amines is 2. The van der Waals surface area contributed by atoms with Gasteiger partial charge in [0.2, 0.25) is 0 Å². The minimum Gasteiger partial charge on any atom is -0.313 e. The van der Waals surface area contributed by atoms with Crippen LogP contribution in [0.15, 0.2) is 49.4 Å². The molecular formula is C18H13Br2N5O4. The lowest BCUT2D eigenvalue weighted by atomic mass is 10.1. The summed E-state index contributed by atoms with van der Waals surface area (Å²) in [5, 5.41) is 11.7. The number of aromatic nitrogens is 4. The van der Waals surface area contributed by atoms with Crippen LogP contribution in [0.4, 0.5) is 5.69 Å². The largest absolute Gasteiger partial charge is 0.313 e. The zero-order valence-electron chi connectivity index (χ0n) is 15.1. The Morgan fingerprint density at radius 2 is 1.52 bits per heavy atom. The molecule has 9 nitrogen and oxygen atoms in total. The third kappa shape index (κ3) is 4.10. The fourth-order valence-electron chi connectivity index (χ4n) is 2.68. The van der Waals surface area contributed by atoms with Gasteiger partial charge in [0.1, 0.15) is 0 Å². The molecule has 0 fully saturated rings. The molecule has 11 heteroatoms. The summed E-state index contributed by atoms with van der Waals surface area (Å²) in [6.07, 6.45) is 2.57. The van der Waals surface area contributed by atoms with Crippen LogP contribution in [-0.2, 0) is 0 Å². The zero-order chi connectivity index (χ0) is 21.3. The van der Waals surface area contributed by atoms with Crippen molar-refractivity contribution < 1.29 is 4.92 Å². The van der Waals surface area contributed by atoms with E-state index in [0.29, 0.717) is 15.4 Å². The summed E-state index contributed by atoms with van der Waals surface area (Å²) in [7, 11) is 0. The van der Waals surface area contributed by atoms with Crippen LogP contribution >= 0.6 is 31.9 Å². The molecule has 0 saturated carbocycles. The van der Waals surface area contributed by atoms with Crippen LogP contribution in [0.1, 0.15) is 11.1 Å². The molecule has 2 aromatic heterocycles. The quantitative estimate of drug-likeness (QED) is 0.287. The van der Waals surface area contributed by atoms with Crippen LogP contribution in [0.25, 0.3) is 21.8 Å². The Kier molecular flexibility index (Phi) is 5.89. The number of nitro groups is 1. The molecule has 0 spiro atoms. The van der Waals surface area contributed by atoms with Gasteiger partial charge in [-0.3, -0.25) is 19.7 Å². The predicted molar refractivity (Wildman–Crippen MR) is 116 cm³/mol. The van der Waals surface area contributed by atoms with Crippen molar-refractivity contribution in [3.05, 3.63) is 81.7 Å². The first kappa shape index (κ1) is 20.8. The molecule has 4 aromatic rings. The third-order valence-corrected chi connectivity index (χ3v) is 5.88. The highest BCUT2D eigenvalue weighted by molar-refractivity contribution is 9.10. The second kappa shape index (κ2) is 8.21. The van der Waals surface area contributed by atoms with Crippen LogP contribution in [0, 0.1) is 24.0 Å². The maximum atomic E-state index is 11.5. The van der Waals surface area contributed by atoms with E-state index in [4.69, 9.17) is 0 Å². The van der Waals surface area contributed by atoms with Gasteiger partial charge in [0.05, 0.1) is 33.9 Å². The molecule has 148 valence electrons. The Bertz CT molecular complexity index is 1380. The molecule has 0 bridgehead atoms. The molecule has 0 aliphatic rings. The number of rotatable bonds is 1. The lowest BCUT2D eigenvalue weighted by Crippen LogP contribution is -2.08. The van der Waals surface area contributed by atoms with Crippen molar-refractivity contribution in [2.75, 3.05) is 0 Å². The Morgan fingerprint density at radius 3 is 2.17 bits per heavy atom. The van der Waals surface area contributed by atoms with Gasteiger partial charge in [-0.05, 0) is 37.6 Å². The van der Waals surface area contributed by atoms with Gasteiger partial charge >= 0.3 is 0 Å². The summed E-state index contributed by atoms with van der Waals surface area (Å²) in [4.78, 5) is 46.0. The SMILES string of the molecule is Cc1c(Br)cc2c(=O)[nH]cnc2c1[N+](=O)[O-].Cc1cc2nc[nH]c(=O)c2cc1Br. The Balaban J connectivity index is 0.000000169. The summed E-state index contributed by atoms with van der Waals surface area (Å²) < 4.78 is 1.45.